The lowest BCUT2D eigenvalue weighted by Gasteiger charge is -2.36. The summed E-state index contributed by atoms with van der Waals surface area (Å²) in [6, 6.07) is 12.2. The van der Waals surface area contributed by atoms with Gasteiger partial charge in [-0.05, 0) is 48.5 Å². The highest BCUT2D eigenvalue weighted by molar-refractivity contribution is 6.39. The molecule has 32 heavy (non-hydrogen) atoms. The Kier molecular flexibility index (Phi) is 7.81. The first-order valence-corrected chi connectivity index (χ1v) is 10.3. The highest BCUT2D eigenvalue weighted by Crippen LogP contribution is 2.24. The number of ether oxygens (including phenoxy) is 1. The molecule has 11 heteroatoms. The third kappa shape index (κ3) is 7.31. The highest BCUT2D eigenvalue weighted by Gasteiger charge is 2.31. The number of nitrogens with zero attached hydrogens (tertiary/aromatic N) is 2. The molecule has 1 saturated heterocycles. The molecule has 2 aromatic carbocycles. The van der Waals surface area contributed by atoms with Crippen LogP contribution in [0.4, 0.5) is 24.5 Å². The van der Waals surface area contributed by atoms with Gasteiger partial charge in [0.2, 0.25) is 0 Å². The summed E-state index contributed by atoms with van der Waals surface area (Å²) in [4.78, 5) is 28.4. The first-order chi connectivity index (χ1) is 15.2. The second-order valence-electron chi connectivity index (χ2n) is 7.09. The van der Waals surface area contributed by atoms with E-state index in [0.29, 0.717) is 18.1 Å². The highest BCUT2D eigenvalue weighted by atomic mass is 35.5. The molecule has 2 N–H and O–H groups in total. The van der Waals surface area contributed by atoms with Gasteiger partial charge in [-0.25, -0.2) is 0 Å². The number of carbonyl (C=O) groups excluding carboxylic acids is 2. The molecule has 1 aliphatic rings. The van der Waals surface area contributed by atoms with E-state index in [-0.39, 0.29) is 5.69 Å². The van der Waals surface area contributed by atoms with Gasteiger partial charge in [0.05, 0.1) is 0 Å². The number of alkyl halides is 3. The molecule has 0 bridgehead atoms. The van der Waals surface area contributed by atoms with Crippen molar-refractivity contribution in [2.24, 2.45) is 0 Å². The monoisotopic (exact) mass is 470 g/mol. The van der Waals surface area contributed by atoms with E-state index in [4.69, 9.17) is 11.6 Å². The normalized spacial score (nSPS) is 14.7. The maximum Gasteiger partial charge on any atom is 0.573 e. The zero-order valence-corrected chi connectivity index (χ0v) is 17.7. The predicted molar refractivity (Wildman–Crippen MR) is 115 cm³/mol. The molecular weight excluding hydrogens is 449 g/mol. The molecule has 0 aromatic heterocycles. The Labute approximate surface area is 188 Å². The van der Waals surface area contributed by atoms with E-state index in [0.717, 1.165) is 44.0 Å². The van der Waals surface area contributed by atoms with Crippen LogP contribution >= 0.6 is 11.6 Å². The lowest BCUT2D eigenvalue weighted by atomic mass is 10.2. The van der Waals surface area contributed by atoms with Crippen LogP contribution in [0.5, 0.6) is 5.75 Å². The number of hydrogen-bond acceptors (Lipinski definition) is 5. The standard InChI is InChI=1S/C21H22ClF3N4O3/c22-15-1-5-17(6-2-15)29-13-11-28(12-14-29)10-9-26-19(30)20(31)27-16-3-7-18(8-4-16)32-21(23,24)25/h1-8H,9-14H2,(H,26,30)(H,27,31). The van der Waals surface area contributed by atoms with Gasteiger partial charge in [0, 0.05) is 55.7 Å². The second-order valence-corrected chi connectivity index (χ2v) is 7.52. The molecule has 0 aliphatic carbocycles. The number of amides is 2. The van der Waals surface area contributed by atoms with E-state index >= 15 is 0 Å². The van der Waals surface area contributed by atoms with Crippen LogP contribution in [0.15, 0.2) is 48.5 Å². The Balaban J connectivity index is 1.36. The number of hydrogen-bond donors (Lipinski definition) is 2. The Hall–Kier alpha value is -2.98. The number of carbonyl (C=O) groups is 2. The van der Waals surface area contributed by atoms with Gasteiger partial charge in [-0.1, -0.05) is 11.6 Å². The van der Waals surface area contributed by atoms with Crippen molar-refractivity contribution in [1.29, 1.82) is 0 Å². The van der Waals surface area contributed by atoms with Gasteiger partial charge in [-0.3, -0.25) is 14.5 Å². The molecule has 172 valence electrons. The van der Waals surface area contributed by atoms with Gasteiger partial charge in [-0.15, -0.1) is 13.2 Å². The average Bonchev–Trinajstić information content (AvgIpc) is 2.75. The number of nitrogens with one attached hydrogen (secondary N) is 2. The molecule has 2 aromatic rings. The van der Waals surface area contributed by atoms with Gasteiger partial charge in [-0.2, -0.15) is 0 Å². The van der Waals surface area contributed by atoms with E-state index in [1.54, 1.807) is 0 Å². The van der Waals surface area contributed by atoms with Crippen molar-refractivity contribution in [3.05, 3.63) is 53.6 Å². The Morgan fingerprint density at radius 1 is 0.938 bits per heavy atom. The zero-order chi connectivity index (χ0) is 23.1. The summed E-state index contributed by atoms with van der Waals surface area (Å²) in [7, 11) is 0. The minimum absolute atomic E-state index is 0.179. The summed E-state index contributed by atoms with van der Waals surface area (Å²) in [6.45, 7) is 4.20. The lowest BCUT2D eigenvalue weighted by molar-refractivity contribution is -0.274. The first-order valence-electron chi connectivity index (χ1n) is 9.87. The number of halogens is 4. The van der Waals surface area contributed by atoms with Crippen LogP contribution in [-0.2, 0) is 9.59 Å². The Morgan fingerprint density at radius 3 is 2.16 bits per heavy atom. The van der Waals surface area contributed by atoms with E-state index < -0.39 is 23.9 Å². The molecule has 7 nitrogen and oxygen atoms in total. The fraction of sp³-hybridized carbons (Fsp3) is 0.333. The smallest absolute Gasteiger partial charge is 0.406 e. The van der Waals surface area contributed by atoms with Crippen molar-refractivity contribution in [3.8, 4) is 5.75 Å². The van der Waals surface area contributed by atoms with E-state index in [1.807, 2.05) is 24.3 Å². The van der Waals surface area contributed by atoms with Crippen molar-refractivity contribution < 1.29 is 27.5 Å². The lowest BCUT2D eigenvalue weighted by Crippen LogP contribution is -2.49. The van der Waals surface area contributed by atoms with Crippen LogP contribution in [0.2, 0.25) is 5.02 Å². The molecule has 1 heterocycles. The van der Waals surface area contributed by atoms with Crippen molar-refractivity contribution in [1.82, 2.24) is 10.2 Å². The Morgan fingerprint density at radius 2 is 1.56 bits per heavy atom. The first kappa shape index (κ1) is 23.7. The average molecular weight is 471 g/mol. The van der Waals surface area contributed by atoms with Gasteiger partial charge in [0.15, 0.2) is 0 Å². The van der Waals surface area contributed by atoms with Crippen molar-refractivity contribution in [3.63, 3.8) is 0 Å². The molecule has 3 rings (SSSR count). The van der Waals surface area contributed by atoms with Crippen molar-refractivity contribution >= 4 is 34.8 Å². The molecule has 1 fully saturated rings. The molecule has 0 saturated carbocycles. The van der Waals surface area contributed by atoms with Gasteiger partial charge in [0.25, 0.3) is 0 Å². The van der Waals surface area contributed by atoms with Crippen molar-refractivity contribution in [2.45, 2.75) is 6.36 Å². The summed E-state index contributed by atoms with van der Waals surface area (Å²) >= 11 is 5.92. The largest absolute Gasteiger partial charge is 0.573 e. The van der Waals surface area contributed by atoms with Gasteiger partial charge >= 0.3 is 18.2 Å². The summed E-state index contributed by atoms with van der Waals surface area (Å²) in [6.07, 6.45) is -4.80. The number of benzene rings is 2. The topological polar surface area (TPSA) is 73.9 Å². The molecule has 0 radical (unpaired) electrons. The summed E-state index contributed by atoms with van der Waals surface area (Å²) in [5.41, 5.74) is 1.29. The van der Waals surface area contributed by atoms with Crippen LogP contribution in [0, 0.1) is 0 Å². The Bertz CT molecular complexity index is 915. The van der Waals surface area contributed by atoms with Crippen molar-refractivity contribution in [2.75, 3.05) is 49.5 Å². The summed E-state index contributed by atoms with van der Waals surface area (Å²) < 4.78 is 40.2. The molecule has 0 spiro atoms. The van der Waals surface area contributed by atoms with Crippen LogP contribution in [0.3, 0.4) is 0 Å². The van der Waals surface area contributed by atoms with E-state index in [9.17, 15) is 22.8 Å². The van der Waals surface area contributed by atoms with E-state index in [1.165, 1.54) is 12.1 Å². The molecule has 0 atom stereocenters. The predicted octanol–water partition coefficient (Wildman–Crippen LogP) is 3.12. The zero-order valence-electron chi connectivity index (χ0n) is 17.0. The second kappa shape index (κ2) is 10.6. The summed E-state index contributed by atoms with van der Waals surface area (Å²) in [5, 5.41) is 5.57. The fourth-order valence-corrected chi connectivity index (χ4v) is 3.34. The van der Waals surface area contributed by atoms with Crippen LogP contribution in [-0.4, -0.2) is 62.3 Å². The van der Waals surface area contributed by atoms with E-state index in [2.05, 4.69) is 25.2 Å². The minimum atomic E-state index is -4.80. The molecular formula is C21H22ClF3N4O3. The third-order valence-corrected chi connectivity index (χ3v) is 5.08. The third-order valence-electron chi connectivity index (χ3n) is 4.83. The molecule has 2 amide bonds. The fourth-order valence-electron chi connectivity index (χ4n) is 3.22. The number of anilines is 2. The quantitative estimate of drug-likeness (QED) is 0.635. The van der Waals surface area contributed by atoms with Crippen LogP contribution in [0.1, 0.15) is 0 Å². The maximum absolute atomic E-state index is 12.2. The number of rotatable bonds is 6. The minimum Gasteiger partial charge on any atom is -0.406 e. The molecule has 0 unspecified atom stereocenters. The van der Waals surface area contributed by atoms with Crippen LogP contribution in [0.25, 0.3) is 0 Å². The van der Waals surface area contributed by atoms with Gasteiger partial charge < -0.3 is 20.3 Å². The van der Waals surface area contributed by atoms with Crippen LogP contribution < -0.4 is 20.3 Å². The molecule has 1 aliphatic heterocycles. The SMILES string of the molecule is O=C(NCCN1CCN(c2ccc(Cl)cc2)CC1)C(=O)Nc1ccc(OC(F)(F)F)cc1. The number of piperazine rings is 1. The maximum atomic E-state index is 12.2. The summed E-state index contributed by atoms with van der Waals surface area (Å²) in [5.74, 6) is -2.14. The van der Waals surface area contributed by atoms with Gasteiger partial charge in [0.1, 0.15) is 5.75 Å².